The molecule has 4 aromatic carbocycles. The van der Waals surface area contributed by atoms with Gasteiger partial charge >= 0.3 is 5.97 Å². The van der Waals surface area contributed by atoms with Crippen LogP contribution >= 0.6 is 23.2 Å². The largest absolute Gasteiger partial charge is 0.496 e. The average Bonchev–Trinajstić information content (AvgIpc) is 2.87. The van der Waals surface area contributed by atoms with Crippen LogP contribution in [0, 0.1) is 0 Å². The van der Waals surface area contributed by atoms with Crippen molar-refractivity contribution in [3.05, 3.63) is 112 Å². The third kappa shape index (κ3) is 5.88. The fraction of sp³-hybridized carbons (Fsp3) is 0.103. The molecule has 0 heterocycles. The van der Waals surface area contributed by atoms with Crippen LogP contribution in [0.3, 0.4) is 0 Å². The maximum atomic E-state index is 12.9. The van der Waals surface area contributed by atoms with Gasteiger partial charge in [0.05, 0.1) is 24.1 Å². The highest BCUT2D eigenvalue weighted by Crippen LogP contribution is 2.30. The first-order valence-corrected chi connectivity index (χ1v) is 11.9. The van der Waals surface area contributed by atoms with Gasteiger partial charge in [0.1, 0.15) is 5.75 Å². The van der Waals surface area contributed by atoms with E-state index in [4.69, 9.17) is 27.9 Å². The number of carbonyl (C=O) groups is 2. The van der Waals surface area contributed by atoms with Crippen LogP contribution in [0.25, 0.3) is 22.3 Å². The zero-order chi connectivity index (χ0) is 25.7. The SMILES string of the molecule is COc1ccc(-c2ccccc2CNC(=O)c2ccc(-c3ccc(Cl)cc3)cc2Cl)cc1CC(=O)O. The molecule has 0 aliphatic rings. The van der Waals surface area contributed by atoms with Gasteiger partial charge in [0, 0.05) is 17.1 Å². The van der Waals surface area contributed by atoms with Crippen molar-refractivity contribution < 1.29 is 19.4 Å². The highest BCUT2D eigenvalue weighted by atomic mass is 35.5. The van der Waals surface area contributed by atoms with Crippen LogP contribution in [-0.2, 0) is 17.8 Å². The van der Waals surface area contributed by atoms with Crippen molar-refractivity contribution in [1.29, 1.82) is 0 Å². The molecule has 0 bridgehead atoms. The number of amides is 1. The highest BCUT2D eigenvalue weighted by Gasteiger charge is 2.14. The summed E-state index contributed by atoms with van der Waals surface area (Å²) in [6.45, 7) is 0.268. The van der Waals surface area contributed by atoms with Crippen LogP contribution < -0.4 is 10.1 Å². The van der Waals surface area contributed by atoms with Gasteiger partial charge in [-0.1, -0.05) is 71.7 Å². The molecular formula is C29H23Cl2NO4. The molecule has 0 atom stereocenters. The van der Waals surface area contributed by atoms with E-state index in [1.54, 1.807) is 36.4 Å². The van der Waals surface area contributed by atoms with E-state index in [0.717, 1.165) is 27.8 Å². The fourth-order valence-corrected chi connectivity index (χ4v) is 4.39. The molecule has 4 rings (SSSR count). The molecule has 0 radical (unpaired) electrons. The number of carboxylic acids is 1. The van der Waals surface area contributed by atoms with E-state index in [0.29, 0.717) is 26.9 Å². The Morgan fingerprint density at radius 1 is 0.833 bits per heavy atom. The van der Waals surface area contributed by atoms with E-state index >= 15 is 0 Å². The predicted octanol–water partition coefficient (Wildman–Crippen LogP) is 6.89. The molecule has 7 heteroatoms. The fourth-order valence-electron chi connectivity index (χ4n) is 4.00. The van der Waals surface area contributed by atoms with E-state index in [-0.39, 0.29) is 18.9 Å². The first kappa shape index (κ1) is 25.3. The minimum Gasteiger partial charge on any atom is -0.496 e. The third-order valence-corrected chi connectivity index (χ3v) is 6.35. The van der Waals surface area contributed by atoms with Gasteiger partial charge in [-0.25, -0.2) is 0 Å². The normalized spacial score (nSPS) is 10.6. The van der Waals surface area contributed by atoms with E-state index < -0.39 is 5.97 Å². The van der Waals surface area contributed by atoms with Crippen LogP contribution in [0.15, 0.2) is 84.9 Å². The number of aliphatic carboxylic acids is 1. The molecule has 0 unspecified atom stereocenters. The molecule has 0 spiro atoms. The van der Waals surface area contributed by atoms with Crippen molar-refractivity contribution in [1.82, 2.24) is 5.32 Å². The molecule has 0 saturated carbocycles. The molecule has 4 aromatic rings. The molecule has 0 aliphatic carbocycles. The number of methoxy groups -OCH3 is 1. The van der Waals surface area contributed by atoms with Crippen LogP contribution in [0.4, 0.5) is 0 Å². The van der Waals surface area contributed by atoms with Crippen molar-refractivity contribution in [2.24, 2.45) is 0 Å². The Balaban J connectivity index is 1.53. The van der Waals surface area contributed by atoms with Crippen molar-refractivity contribution in [3.63, 3.8) is 0 Å². The minimum absolute atomic E-state index is 0.152. The first-order valence-electron chi connectivity index (χ1n) is 11.2. The van der Waals surface area contributed by atoms with Gasteiger partial charge in [-0.05, 0) is 64.2 Å². The summed E-state index contributed by atoms with van der Waals surface area (Å²) in [6.07, 6.45) is -0.152. The van der Waals surface area contributed by atoms with E-state index in [1.165, 1.54) is 7.11 Å². The van der Waals surface area contributed by atoms with Gasteiger partial charge in [0.15, 0.2) is 0 Å². The van der Waals surface area contributed by atoms with Gasteiger partial charge in [-0.15, -0.1) is 0 Å². The number of rotatable bonds is 8. The number of ether oxygens (including phenoxy) is 1. The summed E-state index contributed by atoms with van der Waals surface area (Å²) in [4.78, 5) is 24.2. The Hall–Kier alpha value is -3.80. The summed E-state index contributed by atoms with van der Waals surface area (Å²) in [5, 5.41) is 13.2. The molecule has 0 aliphatic heterocycles. The lowest BCUT2D eigenvalue weighted by atomic mass is 9.96. The second-order valence-corrected chi connectivity index (χ2v) is 8.98. The van der Waals surface area contributed by atoms with Crippen LogP contribution in [0.5, 0.6) is 5.75 Å². The van der Waals surface area contributed by atoms with Gasteiger partial charge in [-0.2, -0.15) is 0 Å². The lowest BCUT2D eigenvalue weighted by molar-refractivity contribution is -0.136. The van der Waals surface area contributed by atoms with Crippen LogP contribution in [0.1, 0.15) is 21.5 Å². The van der Waals surface area contributed by atoms with Crippen molar-refractivity contribution in [2.45, 2.75) is 13.0 Å². The van der Waals surface area contributed by atoms with Gasteiger partial charge < -0.3 is 15.2 Å². The number of benzene rings is 4. The topological polar surface area (TPSA) is 75.6 Å². The monoisotopic (exact) mass is 519 g/mol. The molecular weight excluding hydrogens is 497 g/mol. The number of hydrogen-bond acceptors (Lipinski definition) is 3. The predicted molar refractivity (Wildman–Crippen MR) is 143 cm³/mol. The van der Waals surface area contributed by atoms with E-state index in [1.807, 2.05) is 48.5 Å². The molecule has 0 aromatic heterocycles. The molecule has 0 fully saturated rings. The summed E-state index contributed by atoms with van der Waals surface area (Å²) in [7, 11) is 1.51. The Bertz CT molecular complexity index is 1420. The zero-order valence-corrected chi connectivity index (χ0v) is 20.9. The third-order valence-electron chi connectivity index (χ3n) is 5.78. The van der Waals surface area contributed by atoms with E-state index in [2.05, 4.69) is 5.32 Å². The Morgan fingerprint density at radius 3 is 2.22 bits per heavy atom. The smallest absolute Gasteiger partial charge is 0.307 e. The second-order valence-electron chi connectivity index (χ2n) is 8.14. The Kier molecular flexibility index (Phi) is 7.93. The van der Waals surface area contributed by atoms with Crippen molar-refractivity contribution in [2.75, 3.05) is 7.11 Å². The summed E-state index contributed by atoms with van der Waals surface area (Å²) >= 11 is 12.4. The van der Waals surface area contributed by atoms with Crippen molar-refractivity contribution in [3.8, 4) is 28.0 Å². The Labute approximate surface area is 219 Å². The summed E-state index contributed by atoms with van der Waals surface area (Å²) < 4.78 is 5.31. The average molecular weight is 520 g/mol. The summed E-state index contributed by atoms with van der Waals surface area (Å²) in [6, 6.07) is 25.8. The second kappa shape index (κ2) is 11.3. The Morgan fingerprint density at radius 2 is 1.53 bits per heavy atom. The molecule has 0 saturated heterocycles. The number of halogens is 2. The summed E-state index contributed by atoms with van der Waals surface area (Å²) in [5.74, 6) is -0.715. The summed E-state index contributed by atoms with van der Waals surface area (Å²) in [5.41, 5.74) is 5.39. The molecule has 182 valence electrons. The number of carbonyl (C=O) groups excluding carboxylic acids is 1. The van der Waals surface area contributed by atoms with Crippen LogP contribution in [-0.4, -0.2) is 24.1 Å². The van der Waals surface area contributed by atoms with Gasteiger partial charge in [0.25, 0.3) is 5.91 Å². The number of carboxylic acid groups (broad SMARTS) is 1. The first-order chi connectivity index (χ1) is 17.4. The maximum absolute atomic E-state index is 12.9. The maximum Gasteiger partial charge on any atom is 0.307 e. The van der Waals surface area contributed by atoms with Crippen LogP contribution in [0.2, 0.25) is 10.0 Å². The van der Waals surface area contributed by atoms with Crippen molar-refractivity contribution >= 4 is 35.1 Å². The number of nitrogens with one attached hydrogen (secondary N) is 1. The molecule has 2 N–H and O–H groups in total. The van der Waals surface area contributed by atoms with Gasteiger partial charge in [0.2, 0.25) is 0 Å². The quantitative estimate of drug-likeness (QED) is 0.265. The lowest BCUT2D eigenvalue weighted by Crippen LogP contribution is -2.23. The molecule has 36 heavy (non-hydrogen) atoms. The lowest BCUT2D eigenvalue weighted by Gasteiger charge is -2.14. The minimum atomic E-state index is -0.940. The molecule has 5 nitrogen and oxygen atoms in total. The van der Waals surface area contributed by atoms with E-state index in [9.17, 15) is 14.7 Å². The molecule has 1 amide bonds. The zero-order valence-electron chi connectivity index (χ0n) is 19.4. The standard InChI is InChI=1S/C29H23Cl2NO4/c1-36-27-13-9-20(14-22(27)16-28(33)34)24-5-3-2-4-21(24)17-32-29(35)25-12-8-19(15-26(25)31)18-6-10-23(30)11-7-18/h2-15H,16-17H2,1H3,(H,32,35)(H,33,34). The number of hydrogen-bond donors (Lipinski definition) is 2. The van der Waals surface area contributed by atoms with Gasteiger partial charge in [-0.3, -0.25) is 9.59 Å². The highest BCUT2D eigenvalue weighted by molar-refractivity contribution is 6.34.